The van der Waals surface area contributed by atoms with Crippen molar-refractivity contribution >= 4 is 33.8 Å². The molecule has 0 radical (unpaired) electrons. The molecule has 176 valence electrons. The molecule has 10 heteroatoms. The Labute approximate surface area is 197 Å². The molecule has 0 aromatic carbocycles. The lowest BCUT2D eigenvalue weighted by Gasteiger charge is -2.32. The summed E-state index contributed by atoms with van der Waals surface area (Å²) in [6.45, 7) is 6.42. The zero-order chi connectivity index (χ0) is 22.6. The summed E-state index contributed by atoms with van der Waals surface area (Å²) in [5.41, 5.74) is 0.626. The molecule has 3 aliphatic heterocycles. The van der Waals surface area contributed by atoms with E-state index in [1.807, 2.05) is 6.07 Å². The SMILES string of the molecule is CC1(O)COCCN(c2nc(OCC34CCCN3CCC4)nc3cc(Cl)n4nccc4c23)C1. The van der Waals surface area contributed by atoms with Crippen molar-refractivity contribution in [3.8, 4) is 6.01 Å². The number of nitrogens with zero attached hydrogens (tertiary/aromatic N) is 6. The van der Waals surface area contributed by atoms with Crippen molar-refractivity contribution in [2.24, 2.45) is 0 Å². The Morgan fingerprint density at radius 3 is 2.85 bits per heavy atom. The van der Waals surface area contributed by atoms with Crippen LogP contribution in [0.15, 0.2) is 18.3 Å². The van der Waals surface area contributed by atoms with Crippen LogP contribution >= 0.6 is 11.6 Å². The van der Waals surface area contributed by atoms with Crippen molar-refractivity contribution in [3.05, 3.63) is 23.5 Å². The highest BCUT2D eigenvalue weighted by Crippen LogP contribution is 2.39. The number of hydrogen-bond donors (Lipinski definition) is 1. The molecule has 1 atom stereocenters. The zero-order valence-corrected chi connectivity index (χ0v) is 19.6. The van der Waals surface area contributed by atoms with Crippen LogP contribution in [0.3, 0.4) is 0 Å². The van der Waals surface area contributed by atoms with Gasteiger partial charge in [-0.2, -0.15) is 15.1 Å². The second kappa shape index (κ2) is 7.94. The Morgan fingerprint density at radius 2 is 2.03 bits per heavy atom. The summed E-state index contributed by atoms with van der Waals surface area (Å²) in [5, 5.41) is 16.5. The first-order valence-corrected chi connectivity index (χ1v) is 12.1. The number of halogens is 1. The smallest absolute Gasteiger partial charge is 0.319 e. The van der Waals surface area contributed by atoms with Gasteiger partial charge in [0.25, 0.3) is 0 Å². The molecule has 0 aliphatic carbocycles. The number of hydrogen-bond acceptors (Lipinski definition) is 8. The van der Waals surface area contributed by atoms with Crippen LogP contribution in [0, 0.1) is 0 Å². The average molecular weight is 473 g/mol. The number of β-amino-alcohol motifs (C(OH)–C–C–N with tert-alkyl or cyclic N) is 1. The van der Waals surface area contributed by atoms with E-state index in [2.05, 4.69) is 14.9 Å². The van der Waals surface area contributed by atoms with Gasteiger partial charge < -0.3 is 19.5 Å². The Kier molecular flexibility index (Phi) is 5.13. The monoisotopic (exact) mass is 472 g/mol. The summed E-state index contributed by atoms with van der Waals surface area (Å²) in [6.07, 6.45) is 6.45. The molecule has 3 aromatic heterocycles. The van der Waals surface area contributed by atoms with Gasteiger partial charge in [0.2, 0.25) is 0 Å². The molecule has 3 aromatic rings. The van der Waals surface area contributed by atoms with Crippen LogP contribution in [0.4, 0.5) is 5.82 Å². The van der Waals surface area contributed by atoms with Crippen LogP contribution in [-0.2, 0) is 4.74 Å². The summed E-state index contributed by atoms with van der Waals surface area (Å²) in [7, 11) is 0. The molecule has 6 rings (SSSR count). The van der Waals surface area contributed by atoms with Crippen molar-refractivity contribution in [1.29, 1.82) is 0 Å². The number of aromatic nitrogens is 4. The number of pyridine rings is 1. The van der Waals surface area contributed by atoms with Crippen LogP contribution in [0.25, 0.3) is 16.4 Å². The number of ether oxygens (including phenoxy) is 2. The fraction of sp³-hybridized carbons (Fsp3) is 0.609. The summed E-state index contributed by atoms with van der Waals surface area (Å²) in [6, 6.07) is 4.05. The van der Waals surface area contributed by atoms with Gasteiger partial charge in [-0.1, -0.05) is 11.6 Å². The lowest BCUT2D eigenvalue weighted by atomic mass is 9.95. The maximum atomic E-state index is 10.8. The molecule has 6 heterocycles. The standard InChI is InChI=1S/C23H29ClN6O3/c1-22(31)13-28(10-11-32-14-22)20-19-16(12-18(24)30-17(19)4-7-25-30)26-21(27-20)33-15-23-5-2-8-29(23)9-3-6-23/h4,7,12,31H,2-3,5-6,8-11,13-15H2,1H3. The number of anilines is 1. The highest BCUT2D eigenvalue weighted by atomic mass is 35.5. The van der Waals surface area contributed by atoms with E-state index < -0.39 is 5.60 Å². The molecule has 1 N–H and O–H groups in total. The van der Waals surface area contributed by atoms with Crippen LogP contribution in [-0.4, -0.2) is 86.7 Å². The van der Waals surface area contributed by atoms with Crippen LogP contribution in [0.5, 0.6) is 6.01 Å². The molecule has 1 unspecified atom stereocenters. The molecule has 0 saturated carbocycles. The van der Waals surface area contributed by atoms with Gasteiger partial charge in [0, 0.05) is 12.6 Å². The number of fused-ring (bicyclic) bond motifs is 4. The van der Waals surface area contributed by atoms with Gasteiger partial charge in [-0.05, 0) is 51.8 Å². The molecule has 33 heavy (non-hydrogen) atoms. The maximum absolute atomic E-state index is 10.8. The van der Waals surface area contributed by atoms with Crippen molar-refractivity contribution in [3.63, 3.8) is 0 Å². The third-order valence-corrected chi connectivity index (χ3v) is 7.55. The van der Waals surface area contributed by atoms with E-state index in [-0.39, 0.29) is 12.1 Å². The van der Waals surface area contributed by atoms with E-state index in [0.717, 1.165) is 36.8 Å². The summed E-state index contributed by atoms with van der Waals surface area (Å²) in [5.74, 6) is 0.704. The Balaban J connectivity index is 1.44. The van der Waals surface area contributed by atoms with Gasteiger partial charge in [0.1, 0.15) is 23.2 Å². The first kappa shape index (κ1) is 21.3. The lowest BCUT2D eigenvalue weighted by molar-refractivity contribution is -0.0123. The van der Waals surface area contributed by atoms with E-state index in [1.165, 1.54) is 12.8 Å². The van der Waals surface area contributed by atoms with Crippen LogP contribution in [0.2, 0.25) is 5.15 Å². The average Bonchev–Trinajstić information content (AvgIpc) is 3.47. The van der Waals surface area contributed by atoms with E-state index in [0.29, 0.717) is 48.8 Å². The van der Waals surface area contributed by atoms with E-state index in [1.54, 1.807) is 23.7 Å². The molecule has 0 amide bonds. The van der Waals surface area contributed by atoms with Gasteiger partial charge in [0.05, 0.1) is 47.9 Å². The fourth-order valence-corrected chi connectivity index (χ4v) is 6.01. The minimum atomic E-state index is -0.995. The molecule has 3 aliphatic rings. The van der Waals surface area contributed by atoms with Gasteiger partial charge in [0.15, 0.2) is 0 Å². The minimum Gasteiger partial charge on any atom is -0.461 e. The molecular weight excluding hydrogens is 444 g/mol. The van der Waals surface area contributed by atoms with E-state index in [9.17, 15) is 5.11 Å². The predicted molar refractivity (Wildman–Crippen MR) is 125 cm³/mol. The normalized spacial score (nSPS) is 25.6. The Bertz CT molecular complexity index is 1190. The molecule has 0 spiro atoms. The predicted octanol–water partition coefficient (Wildman–Crippen LogP) is 2.53. The van der Waals surface area contributed by atoms with E-state index in [4.69, 9.17) is 31.0 Å². The van der Waals surface area contributed by atoms with Crippen molar-refractivity contribution in [2.45, 2.75) is 43.7 Å². The second-order valence-electron chi connectivity index (χ2n) is 9.86. The van der Waals surface area contributed by atoms with Gasteiger partial charge in [-0.25, -0.2) is 4.52 Å². The van der Waals surface area contributed by atoms with Crippen molar-refractivity contribution in [1.82, 2.24) is 24.5 Å². The fourth-order valence-electron chi connectivity index (χ4n) is 5.77. The largest absolute Gasteiger partial charge is 0.461 e. The first-order valence-electron chi connectivity index (χ1n) is 11.7. The van der Waals surface area contributed by atoms with Crippen molar-refractivity contribution < 1.29 is 14.6 Å². The van der Waals surface area contributed by atoms with Gasteiger partial charge in [-0.3, -0.25) is 4.90 Å². The molecule has 0 bridgehead atoms. The van der Waals surface area contributed by atoms with Crippen molar-refractivity contribution in [2.75, 3.05) is 50.9 Å². The minimum absolute atomic E-state index is 0.103. The third kappa shape index (κ3) is 3.71. The summed E-state index contributed by atoms with van der Waals surface area (Å²) >= 11 is 6.51. The van der Waals surface area contributed by atoms with Gasteiger partial charge in [-0.15, -0.1) is 0 Å². The quantitative estimate of drug-likeness (QED) is 0.579. The second-order valence-corrected chi connectivity index (χ2v) is 10.3. The maximum Gasteiger partial charge on any atom is 0.319 e. The number of rotatable bonds is 4. The highest BCUT2D eigenvalue weighted by Gasteiger charge is 2.45. The molecule has 3 saturated heterocycles. The van der Waals surface area contributed by atoms with Crippen LogP contribution in [0.1, 0.15) is 32.6 Å². The lowest BCUT2D eigenvalue weighted by Crippen LogP contribution is -2.44. The number of aliphatic hydroxyl groups is 1. The summed E-state index contributed by atoms with van der Waals surface area (Å²) < 4.78 is 13.6. The zero-order valence-electron chi connectivity index (χ0n) is 18.8. The molecule has 9 nitrogen and oxygen atoms in total. The Hall–Kier alpha value is -2.20. The third-order valence-electron chi connectivity index (χ3n) is 7.29. The highest BCUT2D eigenvalue weighted by molar-refractivity contribution is 6.30. The topological polar surface area (TPSA) is 88.3 Å². The Morgan fingerprint density at radius 1 is 1.21 bits per heavy atom. The first-order chi connectivity index (χ1) is 15.9. The summed E-state index contributed by atoms with van der Waals surface area (Å²) in [4.78, 5) is 14.3. The molecule has 3 fully saturated rings. The van der Waals surface area contributed by atoms with E-state index >= 15 is 0 Å². The van der Waals surface area contributed by atoms with Gasteiger partial charge >= 0.3 is 6.01 Å². The molecular formula is C23H29ClN6O3. The van der Waals surface area contributed by atoms with Crippen LogP contribution < -0.4 is 9.64 Å².